The van der Waals surface area contributed by atoms with Crippen LogP contribution in [0.25, 0.3) is 0 Å². The van der Waals surface area contributed by atoms with Gasteiger partial charge in [0, 0.05) is 6.54 Å². The van der Waals surface area contributed by atoms with Crippen molar-refractivity contribution in [2.45, 2.75) is 26.7 Å². The van der Waals surface area contributed by atoms with Gasteiger partial charge in [0.15, 0.2) is 0 Å². The summed E-state index contributed by atoms with van der Waals surface area (Å²) in [4.78, 5) is 0. The Bertz CT molecular complexity index is 336. The fourth-order valence-corrected chi connectivity index (χ4v) is 3.26. The summed E-state index contributed by atoms with van der Waals surface area (Å²) < 4.78 is 25.3. The molecule has 3 nitrogen and oxygen atoms in total. The average molecular weight is 229 g/mol. The lowest BCUT2D eigenvalue weighted by Crippen LogP contribution is -2.36. The van der Waals surface area contributed by atoms with Gasteiger partial charge in [-0.05, 0) is 24.7 Å². The summed E-state index contributed by atoms with van der Waals surface area (Å²) >= 11 is 0. The van der Waals surface area contributed by atoms with Crippen molar-refractivity contribution in [2.24, 2.45) is 11.8 Å². The van der Waals surface area contributed by atoms with Crippen LogP contribution < -0.4 is 0 Å². The van der Waals surface area contributed by atoms with E-state index in [-0.39, 0.29) is 18.2 Å². The number of hydrogen-bond acceptors (Lipinski definition) is 2. The molecule has 1 fully saturated rings. The van der Waals surface area contributed by atoms with Gasteiger partial charge < -0.3 is 0 Å². The topological polar surface area (TPSA) is 37.4 Å². The molecule has 0 N–H and O–H groups in total. The van der Waals surface area contributed by atoms with E-state index in [0.29, 0.717) is 12.5 Å². The van der Waals surface area contributed by atoms with E-state index in [0.717, 1.165) is 12.8 Å². The first-order chi connectivity index (χ1) is 6.95. The van der Waals surface area contributed by atoms with Gasteiger partial charge in [0.2, 0.25) is 10.0 Å². The van der Waals surface area contributed by atoms with E-state index in [2.05, 4.69) is 5.92 Å². The van der Waals surface area contributed by atoms with Gasteiger partial charge in [-0.2, -0.15) is 4.31 Å². The zero-order valence-electron chi connectivity index (χ0n) is 9.44. The van der Waals surface area contributed by atoms with Gasteiger partial charge in [0.25, 0.3) is 0 Å². The van der Waals surface area contributed by atoms with Gasteiger partial charge in [-0.1, -0.05) is 19.8 Å². The molecular formula is C11H19NO2S. The summed E-state index contributed by atoms with van der Waals surface area (Å²) in [5.74, 6) is 3.31. The Kier molecular flexibility index (Phi) is 4.18. The minimum atomic E-state index is -3.15. The molecule has 0 unspecified atom stereocenters. The molecule has 1 aliphatic carbocycles. The summed E-state index contributed by atoms with van der Waals surface area (Å²) in [6, 6.07) is 0. The van der Waals surface area contributed by atoms with Crippen LogP contribution in [0.4, 0.5) is 0 Å². The van der Waals surface area contributed by atoms with Crippen LogP contribution in [0.5, 0.6) is 0 Å². The molecule has 86 valence electrons. The van der Waals surface area contributed by atoms with Crippen molar-refractivity contribution < 1.29 is 8.42 Å². The lowest BCUT2D eigenvalue weighted by Gasteiger charge is -2.20. The van der Waals surface area contributed by atoms with Crippen LogP contribution in [0.3, 0.4) is 0 Å². The summed E-state index contributed by atoms with van der Waals surface area (Å²) in [6.45, 7) is 4.64. The average Bonchev–Trinajstić information content (AvgIpc) is 2.84. The van der Waals surface area contributed by atoms with Crippen molar-refractivity contribution in [3.63, 3.8) is 0 Å². The Balaban J connectivity index is 2.63. The van der Waals surface area contributed by atoms with Crippen LogP contribution in [-0.2, 0) is 10.0 Å². The van der Waals surface area contributed by atoms with E-state index in [1.165, 1.54) is 4.31 Å². The third-order valence-corrected chi connectivity index (χ3v) is 4.52. The number of nitrogens with zero attached hydrogens (tertiary/aromatic N) is 1. The van der Waals surface area contributed by atoms with Crippen LogP contribution in [-0.4, -0.2) is 31.6 Å². The van der Waals surface area contributed by atoms with Gasteiger partial charge >= 0.3 is 0 Å². The monoisotopic (exact) mass is 229 g/mol. The number of hydrogen-bond donors (Lipinski definition) is 0. The summed E-state index contributed by atoms with van der Waals surface area (Å²) in [5.41, 5.74) is 0. The van der Waals surface area contributed by atoms with Crippen molar-refractivity contribution in [2.75, 3.05) is 18.8 Å². The molecule has 0 aromatic carbocycles. The summed E-state index contributed by atoms with van der Waals surface area (Å²) in [6.07, 6.45) is 7.47. The molecule has 15 heavy (non-hydrogen) atoms. The Labute approximate surface area is 92.9 Å². The first kappa shape index (κ1) is 12.5. The highest BCUT2D eigenvalue weighted by Gasteiger charge is 2.30. The molecule has 0 aromatic rings. The molecule has 4 heteroatoms. The molecule has 1 aliphatic rings. The Morgan fingerprint density at radius 3 is 2.47 bits per heavy atom. The second-order valence-corrected chi connectivity index (χ2v) is 6.63. The minimum Gasteiger partial charge on any atom is -0.212 e. The standard InChI is InChI=1S/C11H19NO2S/c1-4-7-12(8-11-5-6-11)15(13,14)9-10(2)3/h1,10-11H,5-9H2,2-3H3. The largest absolute Gasteiger partial charge is 0.215 e. The molecule has 1 rings (SSSR count). The van der Waals surface area contributed by atoms with Gasteiger partial charge in [-0.15, -0.1) is 6.42 Å². The summed E-state index contributed by atoms with van der Waals surface area (Å²) in [7, 11) is -3.15. The maximum atomic E-state index is 11.9. The highest BCUT2D eigenvalue weighted by molar-refractivity contribution is 7.89. The first-order valence-corrected chi connectivity index (χ1v) is 6.98. The highest BCUT2D eigenvalue weighted by Crippen LogP contribution is 2.30. The fourth-order valence-electron chi connectivity index (χ4n) is 1.49. The quantitative estimate of drug-likeness (QED) is 0.644. The zero-order valence-corrected chi connectivity index (χ0v) is 10.3. The highest BCUT2D eigenvalue weighted by atomic mass is 32.2. The normalized spacial score (nSPS) is 17.0. The Morgan fingerprint density at radius 2 is 2.07 bits per heavy atom. The SMILES string of the molecule is C#CCN(CC1CC1)S(=O)(=O)CC(C)C. The van der Waals surface area contributed by atoms with Crippen LogP contribution in [0.15, 0.2) is 0 Å². The lowest BCUT2D eigenvalue weighted by atomic mass is 10.3. The molecule has 0 radical (unpaired) electrons. The van der Waals surface area contributed by atoms with Crippen LogP contribution in [0, 0.1) is 24.2 Å². The minimum absolute atomic E-state index is 0.148. The molecule has 0 bridgehead atoms. The van der Waals surface area contributed by atoms with Gasteiger partial charge in [-0.3, -0.25) is 0 Å². The van der Waals surface area contributed by atoms with Gasteiger partial charge in [0.05, 0.1) is 12.3 Å². The van der Waals surface area contributed by atoms with E-state index < -0.39 is 10.0 Å². The second kappa shape index (κ2) is 5.00. The van der Waals surface area contributed by atoms with E-state index >= 15 is 0 Å². The van der Waals surface area contributed by atoms with Crippen LogP contribution in [0.1, 0.15) is 26.7 Å². The zero-order chi connectivity index (χ0) is 11.5. The number of terminal acetylenes is 1. The number of rotatable bonds is 6. The third-order valence-electron chi connectivity index (χ3n) is 2.36. The maximum absolute atomic E-state index is 11.9. The predicted molar refractivity (Wildman–Crippen MR) is 61.8 cm³/mol. The van der Waals surface area contributed by atoms with Crippen LogP contribution in [0.2, 0.25) is 0 Å². The third kappa shape index (κ3) is 4.23. The first-order valence-electron chi connectivity index (χ1n) is 5.37. The van der Waals surface area contributed by atoms with Gasteiger partial charge in [0.1, 0.15) is 0 Å². The van der Waals surface area contributed by atoms with Gasteiger partial charge in [-0.25, -0.2) is 8.42 Å². The Hall–Kier alpha value is -0.530. The summed E-state index contributed by atoms with van der Waals surface area (Å²) in [5, 5.41) is 0. The molecule has 0 aromatic heterocycles. The fraction of sp³-hybridized carbons (Fsp3) is 0.818. The molecule has 0 heterocycles. The van der Waals surface area contributed by atoms with Crippen molar-refractivity contribution in [1.29, 1.82) is 0 Å². The van der Waals surface area contributed by atoms with E-state index in [4.69, 9.17) is 6.42 Å². The molecular weight excluding hydrogens is 210 g/mol. The molecule has 0 saturated heterocycles. The number of sulfonamides is 1. The van der Waals surface area contributed by atoms with E-state index in [1.807, 2.05) is 13.8 Å². The smallest absolute Gasteiger partial charge is 0.212 e. The van der Waals surface area contributed by atoms with Crippen molar-refractivity contribution >= 4 is 10.0 Å². The van der Waals surface area contributed by atoms with E-state index in [9.17, 15) is 8.42 Å². The van der Waals surface area contributed by atoms with Crippen molar-refractivity contribution in [1.82, 2.24) is 4.31 Å². The predicted octanol–water partition coefficient (Wildman–Crippen LogP) is 1.32. The van der Waals surface area contributed by atoms with Crippen LogP contribution >= 0.6 is 0 Å². The lowest BCUT2D eigenvalue weighted by molar-refractivity contribution is 0.425. The van der Waals surface area contributed by atoms with Crippen molar-refractivity contribution in [3.05, 3.63) is 0 Å². The molecule has 0 spiro atoms. The molecule has 0 amide bonds. The molecule has 0 atom stereocenters. The Morgan fingerprint density at radius 1 is 1.47 bits per heavy atom. The maximum Gasteiger partial charge on any atom is 0.215 e. The molecule has 1 saturated carbocycles. The second-order valence-electron chi connectivity index (χ2n) is 4.61. The van der Waals surface area contributed by atoms with E-state index in [1.54, 1.807) is 0 Å². The molecule has 0 aliphatic heterocycles. The van der Waals surface area contributed by atoms with Crippen molar-refractivity contribution in [3.8, 4) is 12.3 Å².